The zero-order valence-electron chi connectivity index (χ0n) is 13.9. The van der Waals surface area contributed by atoms with E-state index in [1.807, 2.05) is 13.8 Å². The van der Waals surface area contributed by atoms with Crippen LogP contribution in [-0.2, 0) is 14.3 Å². The molecule has 0 bridgehead atoms. The third-order valence-electron chi connectivity index (χ3n) is 3.52. The molecule has 3 nitrogen and oxygen atoms in total. The van der Waals surface area contributed by atoms with Gasteiger partial charge in [0.2, 0.25) is 0 Å². The van der Waals surface area contributed by atoms with Crippen molar-refractivity contribution in [3.63, 3.8) is 0 Å². The molecule has 0 radical (unpaired) electrons. The Morgan fingerprint density at radius 2 is 1.90 bits per heavy atom. The van der Waals surface area contributed by atoms with Crippen molar-refractivity contribution in [2.24, 2.45) is 11.8 Å². The third kappa shape index (κ3) is 6.56. The smallest absolute Gasteiger partial charge is 0.309 e. The van der Waals surface area contributed by atoms with Crippen LogP contribution in [0.2, 0.25) is 0 Å². The van der Waals surface area contributed by atoms with Crippen LogP contribution in [0.1, 0.15) is 60.8 Å². The van der Waals surface area contributed by atoms with Crippen LogP contribution < -0.4 is 0 Å². The quantitative estimate of drug-likeness (QED) is 0.496. The molecule has 0 saturated heterocycles. The summed E-state index contributed by atoms with van der Waals surface area (Å²) in [4.78, 5) is 11.6. The van der Waals surface area contributed by atoms with E-state index in [1.165, 1.54) is 5.57 Å². The molecule has 116 valence electrons. The van der Waals surface area contributed by atoms with Crippen molar-refractivity contribution in [2.45, 2.75) is 72.5 Å². The maximum absolute atomic E-state index is 11.6. The fourth-order valence-electron chi connectivity index (χ4n) is 1.87. The molecule has 0 N–H and O–H groups in total. The van der Waals surface area contributed by atoms with E-state index in [9.17, 15) is 4.79 Å². The standard InChI is InChI=1S/C17H30O3/c1-12(2)7-8-13(3)14(4)20-17(5,6)11-19-16(18)15-9-10-15/h8,12,14-15H,7,9-11H2,1-6H3/t14-/m1/s1. The summed E-state index contributed by atoms with van der Waals surface area (Å²) in [5.41, 5.74) is 0.789. The predicted molar refractivity (Wildman–Crippen MR) is 81.5 cm³/mol. The van der Waals surface area contributed by atoms with E-state index in [0.717, 1.165) is 19.3 Å². The van der Waals surface area contributed by atoms with Crippen LogP contribution in [0, 0.1) is 11.8 Å². The normalized spacial score (nSPS) is 18.2. The summed E-state index contributed by atoms with van der Waals surface area (Å²) in [6.07, 6.45) is 5.31. The van der Waals surface area contributed by atoms with Crippen LogP contribution in [0.3, 0.4) is 0 Å². The van der Waals surface area contributed by atoms with Crippen molar-refractivity contribution >= 4 is 5.97 Å². The summed E-state index contributed by atoms with van der Waals surface area (Å²) >= 11 is 0. The van der Waals surface area contributed by atoms with E-state index >= 15 is 0 Å². The molecule has 0 amide bonds. The topological polar surface area (TPSA) is 35.5 Å². The van der Waals surface area contributed by atoms with Crippen LogP contribution in [0.15, 0.2) is 11.6 Å². The average molecular weight is 282 g/mol. The number of carbonyl (C=O) groups excluding carboxylic acids is 1. The minimum atomic E-state index is -0.448. The lowest BCUT2D eigenvalue weighted by Gasteiger charge is -2.29. The lowest BCUT2D eigenvalue weighted by atomic mass is 10.0. The van der Waals surface area contributed by atoms with Gasteiger partial charge in [-0.25, -0.2) is 0 Å². The van der Waals surface area contributed by atoms with Gasteiger partial charge < -0.3 is 9.47 Å². The summed E-state index contributed by atoms with van der Waals surface area (Å²) in [6, 6.07) is 0. The number of carbonyl (C=O) groups is 1. The van der Waals surface area contributed by atoms with Gasteiger partial charge in [0, 0.05) is 0 Å². The Kier molecular flexibility index (Phi) is 6.25. The highest BCUT2D eigenvalue weighted by molar-refractivity contribution is 5.74. The van der Waals surface area contributed by atoms with Crippen LogP contribution in [0.5, 0.6) is 0 Å². The minimum absolute atomic E-state index is 0.0448. The van der Waals surface area contributed by atoms with E-state index in [4.69, 9.17) is 9.47 Å². The van der Waals surface area contributed by atoms with Crippen molar-refractivity contribution in [2.75, 3.05) is 6.61 Å². The molecule has 1 rings (SSSR count). The summed E-state index contributed by atoms with van der Waals surface area (Å²) < 4.78 is 11.4. The molecule has 3 heteroatoms. The first-order valence-corrected chi connectivity index (χ1v) is 7.72. The lowest BCUT2D eigenvalue weighted by molar-refractivity contribution is -0.157. The Balaban J connectivity index is 2.38. The summed E-state index contributed by atoms with van der Waals surface area (Å²) in [7, 11) is 0. The molecule has 1 atom stereocenters. The average Bonchev–Trinajstić information content (AvgIpc) is 3.16. The molecule has 0 aromatic carbocycles. The Morgan fingerprint density at radius 3 is 2.40 bits per heavy atom. The highest BCUT2D eigenvalue weighted by Gasteiger charge is 2.33. The monoisotopic (exact) mass is 282 g/mol. The van der Waals surface area contributed by atoms with Gasteiger partial charge in [0.15, 0.2) is 0 Å². The molecule has 1 aliphatic rings. The number of hydrogen-bond acceptors (Lipinski definition) is 3. The first kappa shape index (κ1) is 17.2. The highest BCUT2D eigenvalue weighted by atomic mass is 16.6. The van der Waals surface area contributed by atoms with Gasteiger partial charge >= 0.3 is 5.97 Å². The van der Waals surface area contributed by atoms with Crippen molar-refractivity contribution in [3.05, 3.63) is 11.6 Å². The van der Waals surface area contributed by atoms with Gasteiger partial charge in [0.05, 0.1) is 17.6 Å². The molecule has 0 heterocycles. The maximum atomic E-state index is 11.6. The fourth-order valence-corrected chi connectivity index (χ4v) is 1.87. The van der Waals surface area contributed by atoms with Crippen molar-refractivity contribution in [3.8, 4) is 0 Å². The molecule has 0 aromatic heterocycles. The molecule has 1 fully saturated rings. The Morgan fingerprint density at radius 1 is 1.30 bits per heavy atom. The highest BCUT2D eigenvalue weighted by Crippen LogP contribution is 2.30. The van der Waals surface area contributed by atoms with Crippen molar-refractivity contribution in [1.82, 2.24) is 0 Å². The molecule has 0 aromatic rings. The zero-order valence-corrected chi connectivity index (χ0v) is 13.9. The number of hydrogen-bond donors (Lipinski definition) is 0. The van der Waals surface area contributed by atoms with Gasteiger partial charge in [-0.3, -0.25) is 4.79 Å². The zero-order chi connectivity index (χ0) is 15.3. The van der Waals surface area contributed by atoms with Gasteiger partial charge in [-0.15, -0.1) is 0 Å². The first-order valence-electron chi connectivity index (χ1n) is 7.72. The van der Waals surface area contributed by atoms with E-state index in [-0.39, 0.29) is 18.0 Å². The fraction of sp³-hybridized carbons (Fsp3) is 0.824. The Hall–Kier alpha value is -0.830. The second-order valence-corrected chi connectivity index (χ2v) is 6.98. The van der Waals surface area contributed by atoms with Crippen LogP contribution in [-0.4, -0.2) is 24.3 Å². The molecular formula is C17H30O3. The van der Waals surface area contributed by atoms with Crippen LogP contribution >= 0.6 is 0 Å². The number of ether oxygens (including phenoxy) is 2. The number of rotatable bonds is 8. The van der Waals surface area contributed by atoms with Gasteiger partial charge in [-0.05, 0) is 58.4 Å². The lowest BCUT2D eigenvalue weighted by Crippen LogP contribution is -2.36. The largest absolute Gasteiger partial charge is 0.462 e. The third-order valence-corrected chi connectivity index (χ3v) is 3.52. The molecule has 1 saturated carbocycles. The molecule has 20 heavy (non-hydrogen) atoms. The van der Waals surface area contributed by atoms with Gasteiger partial charge in [-0.2, -0.15) is 0 Å². The first-order chi connectivity index (χ1) is 9.21. The maximum Gasteiger partial charge on any atom is 0.309 e. The molecule has 1 aliphatic carbocycles. The summed E-state index contributed by atoms with van der Waals surface area (Å²) in [6.45, 7) is 12.8. The molecule has 0 aliphatic heterocycles. The summed E-state index contributed by atoms with van der Waals surface area (Å²) in [5.74, 6) is 0.738. The molecule has 0 spiro atoms. The Bertz CT molecular complexity index is 351. The van der Waals surface area contributed by atoms with Crippen molar-refractivity contribution in [1.29, 1.82) is 0 Å². The second kappa shape index (κ2) is 7.26. The van der Waals surface area contributed by atoms with Crippen LogP contribution in [0.25, 0.3) is 0 Å². The van der Waals surface area contributed by atoms with E-state index in [0.29, 0.717) is 12.5 Å². The molecular weight excluding hydrogens is 252 g/mol. The van der Waals surface area contributed by atoms with Crippen molar-refractivity contribution < 1.29 is 14.3 Å². The van der Waals surface area contributed by atoms with Gasteiger partial charge in [0.1, 0.15) is 6.61 Å². The minimum Gasteiger partial charge on any atom is -0.462 e. The van der Waals surface area contributed by atoms with Crippen LogP contribution in [0.4, 0.5) is 0 Å². The Labute approximate surface area is 123 Å². The van der Waals surface area contributed by atoms with E-state index < -0.39 is 5.60 Å². The molecule has 0 unspecified atom stereocenters. The second-order valence-electron chi connectivity index (χ2n) is 6.98. The van der Waals surface area contributed by atoms with Gasteiger partial charge in [0.25, 0.3) is 0 Å². The van der Waals surface area contributed by atoms with E-state index in [1.54, 1.807) is 0 Å². The van der Waals surface area contributed by atoms with Gasteiger partial charge in [-0.1, -0.05) is 19.9 Å². The summed E-state index contributed by atoms with van der Waals surface area (Å²) in [5, 5.41) is 0. The number of esters is 1. The SMILES string of the molecule is CC(=CCC(C)C)[C@@H](C)OC(C)(C)COC(=O)C1CC1. The predicted octanol–water partition coefficient (Wildman–Crippen LogP) is 4.12. The van der Waals surface area contributed by atoms with E-state index in [2.05, 4.69) is 33.8 Å². The number of allylic oxidation sites excluding steroid dienone is 1.